The molecule has 0 spiro atoms. The number of nitrogens with zero attached hydrogens (tertiary/aromatic N) is 3. The lowest BCUT2D eigenvalue weighted by atomic mass is 10.1. The predicted octanol–water partition coefficient (Wildman–Crippen LogP) is 3.31. The van der Waals surface area contributed by atoms with Gasteiger partial charge in [0.15, 0.2) is 0 Å². The molecule has 164 valence electrons. The number of aromatic nitrogens is 2. The molecule has 1 aromatic heterocycles. The van der Waals surface area contributed by atoms with Crippen molar-refractivity contribution in [2.75, 3.05) is 7.11 Å². The molecule has 8 heteroatoms. The first-order valence-corrected chi connectivity index (χ1v) is 10.1. The summed E-state index contributed by atoms with van der Waals surface area (Å²) in [5, 5.41) is 11.3. The highest BCUT2D eigenvalue weighted by Crippen LogP contribution is 2.22. The van der Waals surface area contributed by atoms with Gasteiger partial charge in [-0.1, -0.05) is 36.4 Å². The summed E-state index contributed by atoms with van der Waals surface area (Å²) in [4.78, 5) is 34.5. The molecule has 0 aliphatic carbocycles. The minimum Gasteiger partial charge on any atom is -0.497 e. The maximum absolute atomic E-state index is 13.4. The number of hydrogen-bond donors (Lipinski definition) is 2. The molecule has 8 nitrogen and oxygen atoms in total. The fourth-order valence-corrected chi connectivity index (χ4v) is 3.38. The molecular weight excluding hydrogens is 418 g/mol. The predicted molar refractivity (Wildman–Crippen MR) is 124 cm³/mol. The Morgan fingerprint density at radius 1 is 0.970 bits per heavy atom. The number of carbonyl (C=O) groups excluding carboxylic acids is 2. The van der Waals surface area contributed by atoms with Crippen LogP contribution in [0.25, 0.3) is 10.9 Å². The van der Waals surface area contributed by atoms with Crippen molar-refractivity contribution in [1.82, 2.24) is 14.9 Å². The van der Waals surface area contributed by atoms with Crippen molar-refractivity contribution in [3.05, 3.63) is 101 Å². The third-order valence-electron chi connectivity index (χ3n) is 5.01. The first kappa shape index (κ1) is 21.6. The summed E-state index contributed by atoms with van der Waals surface area (Å²) in [6.07, 6.45) is 0. The number of ether oxygens (including phenoxy) is 1. The van der Waals surface area contributed by atoms with E-state index in [4.69, 9.17) is 10.1 Å². The Hall–Kier alpha value is -4.59. The zero-order valence-corrected chi connectivity index (χ0v) is 18.1. The molecule has 3 aromatic carbocycles. The Balaban J connectivity index is 1.85. The highest BCUT2D eigenvalue weighted by molar-refractivity contribution is 6.05. The second kappa shape index (κ2) is 9.27. The Morgan fingerprint density at radius 2 is 1.61 bits per heavy atom. The third kappa shape index (κ3) is 4.54. The van der Waals surface area contributed by atoms with E-state index in [-0.39, 0.29) is 11.5 Å². The van der Waals surface area contributed by atoms with Crippen LogP contribution in [-0.2, 0) is 0 Å². The molecule has 0 aliphatic heterocycles. The molecule has 0 aliphatic rings. The summed E-state index contributed by atoms with van der Waals surface area (Å²) in [6.45, 7) is 1.78. The SMILES string of the molecule is COc1ccc2c(c1)c(C)nc(=NC(=N)NC(=O)c1ccccc1)n2C(=O)c1ccccc1. The van der Waals surface area contributed by atoms with E-state index in [1.54, 1.807) is 86.8 Å². The number of carbonyl (C=O) groups is 2. The number of fused-ring (bicyclic) bond motifs is 1. The zero-order chi connectivity index (χ0) is 23.4. The molecular formula is C25H21N5O3. The molecule has 4 rings (SSSR count). The lowest BCUT2D eigenvalue weighted by Gasteiger charge is -2.13. The van der Waals surface area contributed by atoms with Crippen LogP contribution in [0.1, 0.15) is 26.4 Å². The Kier molecular flexibility index (Phi) is 6.08. The van der Waals surface area contributed by atoms with Gasteiger partial charge in [0.05, 0.1) is 18.3 Å². The van der Waals surface area contributed by atoms with Crippen LogP contribution in [-0.4, -0.2) is 34.4 Å². The van der Waals surface area contributed by atoms with Crippen LogP contribution < -0.4 is 15.7 Å². The number of nitrogens with one attached hydrogen (secondary N) is 2. The molecule has 0 saturated carbocycles. The average Bonchev–Trinajstić information content (AvgIpc) is 2.84. The summed E-state index contributed by atoms with van der Waals surface area (Å²) < 4.78 is 6.65. The molecule has 0 unspecified atom stereocenters. The number of aryl methyl sites for hydroxylation is 1. The van der Waals surface area contributed by atoms with Gasteiger partial charge in [0, 0.05) is 16.5 Å². The van der Waals surface area contributed by atoms with Crippen LogP contribution in [0, 0.1) is 12.3 Å². The Labute approximate surface area is 189 Å². The van der Waals surface area contributed by atoms with Crippen molar-refractivity contribution in [3.8, 4) is 5.75 Å². The Morgan fingerprint density at radius 3 is 2.24 bits per heavy atom. The summed E-state index contributed by atoms with van der Waals surface area (Å²) in [5.41, 5.74) is 1.96. The van der Waals surface area contributed by atoms with Gasteiger partial charge in [-0.2, -0.15) is 4.99 Å². The number of benzene rings is 3. The van der Waals surface area contributed by atoms with Crippen molar-refractivity contribution in [2.45, 2.75) is 6.92 Å². The normalized spacial score (nSPS) is 11.3. The topological polar surface area (TPSA) is 109 Å². The second-order valence-corrected chi connectivity index (χ2v) is 7.17. The molecule has 0 bridgehead atoms. The van der Waals surface area contributed by atoms with Crippen molar-refractivity contribution in [1.29, 1.82) is 5.41 Å². The van der Waals surface area contributed by atoms with Crippen molar-refractivity contribution in [3.63, 3.8) is 0 Å². The molecule has 1 heterocycles. The Bertz CT molecular complexity index is 1430. The maximum Gasteiger partial charge on any atom is 0.265 e. The van der Waals surface area contributed by atoms with Crippen molar-refractivity contribution < 1.29 is 14.3 Å². The van der Waals surface area contributed by atoms with Crippen molar-refractivity contribution >= 4 is 28.7 Å². The van der Waals surface area contributed by atoms with Crippen molar-refractivity contribution in [2.24, 2.45) is 4.99 Å². The summed E-state index contributed by atoms with van der Waals surface area (Å²) in [5.74, 6) is -0.649. The highest BCUT2D eigenvalue weighted by atomic mass is 16.5. The third-order valence-corrected chi connectivity index (χ3v) is 5.01. The van der Waals surface area contributed by atoms with E-state index in [1.807, 2.05) is 6.07 Å². The number of rotatable bonds is 3. The standard InChI is InChI=1S/C25H21N5O3/c1-16-20-15-19(33-2)13-14-21(20)30(23(32)18-11-7-4-8-12-18)25(27-16)29-24(26)28-22(31)17-9-5-3-6-10-17/h3-15H,1-2H3,(H2,26,28,31). The van der Waals surface area contributed by atoms with Crippen LogP contribution in [0.2, 0.25) is 0 Å². The second-order valence-electron chi connectivity index (χ2n) is 7.17. The first-order chi connectivity index (χ1) is 16.0. The minimum absolute atomic E-state index is 0.0163. The molecule has 0 atom stereocenters. The lowest BCUT2D eigenvalue weighted by molar-refractivity contribution is 0.0957. The van der Waals surface area contributed by atoms with Gasteiger partial charge < -0.3 is 4.74 Å². The van der Waals surface area contributed by atoms with E-state index in [9.17, 15) is 9.59 Å². The van der Waals surface area contributed by atoms with Crippen LogP contribution in [0.5, 0.6) is 5.75 Å². The molecule has 0 saturated heterocycles. The van der Waals surface area contributed by atoms with Gasteiger partial charge in [-0.15, -0.1) is 0 Å². The van der Waals surface area contributed by atoms with E-state index in [2.05, 4.69) is 15.3 Å². The van der Waals surface area contributed by atoms with Gasteiger partial charge in [0.1, 0.15) is 5.75 Å². The number of hydrogen-bond acceptors (Lipinski definition) is 5. The van der Waals surface area contributed by atoms with Gasteiger partial charge in [0.25, 0.3) is 11.8 Å². The minimum atomic E-state index is -0.479. The fraction of sp³-hybridized carbons (Fsp3) is 0.0800. The van der Waals surface area contributed by atoms with Crippen LogP contribution in [0.4, 0.5) is 0 Å². The van der Waals surface area contributed by atoms with E-state index < -0.39 is 11.9 Å². The summed E-state index contributed by atoms with van der Waals surface area (Å²) in [6, 6.07) is 22.5. The lowest BCUT2D eigenvalue weighted by Crippen LogP contribution is -2.36. The fourth-order valence-electron chi connectivity index (χ4n) is 3.38. The largest absolute Gasteiger partial charge is 0.497 e. The maximum atomic E-state index is 13.4. The van der Waals surface area contributed by atoms with Gasteiger partial charge in [-0.25, -0.2) is 9.55 Å². The van der Waals surface area contributed by atoms with Gasteiger partial charge >= 0.3 is 0 Å². The number of guanidine groups is 1. The van der Waals surface area contributed by atoms with E-state index in [1.165, 1.54) is 4.57 Å². The molecule has 4 aromatic rings. The number of methoxy groups -OCH3 is 1. The van der Waals surface area contributed by atoms with Gasteiger partial charge in [0.2, 0.25) is 11.6 Å². The van der Waals surface area contributed by atoms with E-state index >= 15 is 0 Å². The molecule has 33 heavy (non-hydrogen) atoms. The van der Waals surface area contributed by atoms with Gasteiger partial charge in [-0.3, -0.25) is 20.3 Å². The average molecular weight is 439 g/mol. The van der Waals surface area contributed by atoms with Crippen LogP contribution >= 0.6 is 0 Å². The van der Waals surface area contributed by atoms with E-state index in [0.29, 0.717) is 33.5 Å². The van der Waals surface area contributed by atoms with Gasteiger partial charge in [-0.05, 0) is 49.4 Å². The zero-order valence-electron chi connectivity index (χ0n) is 18.1. The number of amides is 1. The smallest absolute Gasteiger partial charge is 0.265 e. The highest BCUT2D eigenvalue weighted by Gasteiger charge is 2.17. The molecule has 0 fully saturated rings. The molecule has 0 radical (unpaired) electrons. The summed E-state index contributed by atoms with van der Waals surface area (Å²) in [7, 11) is 1.56. The molecule has 2 N–H and O–H groups in total. The van der Waals surface area contributed by atoms with Crippen LogP contribution in [0.15, 0.2) is 83.9 Å². The van der Waals surface area contributed by atoms with E-state index in [0.717, 1.165) is 0 Å². The quantitative estimate of drug-likeness (QED) is 0.377. The summed E-state index contributed by atoms with van der Waals surface area (Å²) >= 11 is 0. The van der Waals surface area contributed by atoms with Crippen LogP contribution in [0.3, 0.4) is 0 Å². The molecule has 1 amide bonds. The monoisotopic (exact) mass is 439 g/mol. The first-order valence-electron chi connectivity index (χ1n) is 10.1.